The molecule has 6 nitrogen and oxygen atoms in total. The summed E-state index contributed by atoms with van der Waals surface area (Å²) in [7, 11) is 0. The Morgan fingerprint density at radius 2 is 1.94 bits per heavy atom. The van der Waals surface area contributed by atoms with Crippen LogP contribution < -0.4 is 10.6 Å². The maximum absolute atomic E-state index is 12.0. The van der Waals surface area contributed by atoms with Crippen LogP contribution >= 0.6 is 0 Å². The molecular weight excluding hydrogens is 232 g/mol. The molecule has 0 bridgehead atoms. The Hall–Kier alpha value is -1.14. The molecule has 18 heavy (non-hydrogen) atoms. The second-order valence-corrected chi connectivity index (χ2v) is 4.87. The molecule has 2 fully saturated rings. The van der Waals surface area contributed by atoms with Gasteiger partial charge in [-0.05, 0) is 6.42 Å². The summed E-state index contributed by atoms with van der Waals surface area (Å²) in [6, 6.07) is -0.529. The van der Waals surface area contributed by atoms with Gasteiger partial charge in [0.2, 0.25) is 0 Å². The van der Waals surface area contributed by atoms with Gasteiger partial charge in [0.15, 0.2) is 0 Å². The molecule has 2 N–H and O–H groups in total. The van der Waals surface area contributed by atoms with E-state index in [-0.39, 0.29) is 18.0 Å². The topological polar surface area (TPSA) is 64.7 Å². The van der Waals surface area contributed by atoms with Crippen LogP contribution in [0.1, 0.15) is 19.8 Å². The van der Waals surface area contributed by atoms with E-state index in [1.807, 2.05) is 6.92 Å². The highest BCUT2D eigenvalue weighted by atomic mass is 16.2. The largest absolute Gasteiger partial charge is 0.326 e. The second-order valence-electron chi connectivity index (χ2n) is 4.87. The summed E-state index contributed by atoms with van der Waals surface area (Å²) >= 11 is 0. The molecule has 0 aromatic rings. The minimum atomic E-state index is -0.300. The fourth-order valence-electron chi connectivity index (χ4n) is 2.45. The fourth-order valence-corrected chi connectivity index (χ4v) is 2.45. The predicted octanol–water partition coefficient (Wildman–Crippen LogP) is -0.388. The summed E-state index contributed by atoms with van der Waals surface area (Å²) in [4.78, 5) is 27.3. The molecule has 2 rings (SSSR count). The minimum Gasteiger partial charge on any atom is -0.326 e. The minimum absolute atomic E-state index is 0.0583. The number of amides is 3. The van der Waals surface area contributed by atoms with Crippen molar-refractivity contribution >= 4 is 11.9 Å². The number of carbonyl (C=O) groups excluding carboxylic acids is 2. The Balaban J connectivity index is 1.81. The van der Waals surface area contributed by atoms with Gasteiger partial charge in [0, 0.05) is 39.3 Å². The maximum atomic E-state index is 12.0. The third kappa shape index (κ3) is 3.00. The van der Waals surface area contributed by atoms with Crippen LogP contribution in [0.15, 0.2) is 0 Å². The number of nitrogens with zero attached hydrogens (tertiary/aromatic N) is 2. The van der Waals surface area contributed by atoms with Crippen LogP contribution in [0.3, 0.4) is 0 Å². The lowest BCUT2D eigenvalue weighted by Crippen LogP contribution is -2.47. The molecular formula is C12H22N4O2. The number of rotatable bonds is 5. The zero-order chi connectivity index (χ0) is 13.0. The van der Waals surface area contributed by atoms with Crippen molar-refractivity contribution in [2.45, 2.75) is 25.8 Å². The molecule has 3 amide bonds. The van der Waals surface area contributed by atoms with E-state index in [1.165, 1.54) is 4.90 Å². The van der Waals surface area contributed by atoms with E-state index in [9.17, 15) is 9.59 Å². The first-order chi connectivity index (χ1) is 8.72. The Bertz CT molecular complexity index is 315. The molecule has 2 saturated heterocycles. The summed E-state index contributed by atoms with van der Waals surface area (Å²) in [5.74, 6) is -0.0583. The Morgan fingerprint density at radius 3 is 2.61 bits per heavy atom. The van der Waals surface area contributed by atoms with Gasteiger partial charge < -0.3 is 10.6 Å². The highest BCUT2D eigenvalue weighted by Gasteiger charge is 2.36. The number of carbonyl (C=O) groups is 2. The van der Waals surface area contributed by atoms with Gasteiger partial charge in [0.05, 0.1) is 0 Å². The highest BCUT2D eigenvalue weighted by molar-refractivity contribution is 6.04. The van der Waals surface area contributed by atoms with Crippen LogP contribution in [0.5, 0.6) is 0 Å². The van der Waals surface area contributed by atoms with Crippen molar-refractivity contribution in [3.63, 3.8) is 0 Å². The average Bonchev–Trinajstić information content (AvgIpc) is 2.64. The number of hydrogen-bond acceptors (Lipinski definition) is 4. The first kappa shape index (κ1) is 13.3. The summed E-state index contributed by atoms with van der Waals surface area (Å²) in [5, 5.41) is 6.03. The molecule has 0 saturated carbocycles. The first-order valence-corrected chi connectivity index (χ1v) is 6.77. The molecule has 0 spiro atoms. The molecule has 2 aliphatic heterocycles. The van der Waals surface area contributed by atoms with Gasteiger partial charge in [-0.25, -0.2) is 4.79 Å². The van der Waals surface area contributed by atoms with Gasteiger partial charge in [-0.15, -0.1) is 0 Å². The van der Waals surface area contributed by atoms with Gasteiger partial charge >= 0.3 is 6.03 Å². The maximum Gasteiger partial charge on any atom is 0.324 e. The van der Waals surface area contributed by atoms with Crippen molar-refractivity contribution in [1.29, 1.82) is 0 Å². The number of urea groups is 1. The van der Waals surface area contributed by atoms with Gasteiger partial charge in [-0.1, -0.05) is 13.3 Å². The molecule has 0 aromatic heterocycles. The fraction of sp³-hybridized carbons (Fsp3) is 0.833. The van der Waals surface area contributed by atoms with E-state index in [4.69, 9.17) is 0 Å². The van der Waals surface area contributed by atoms with Gasteiger partial charge in [0.1, 0.15) is 6.04 Å². The van der Waals surface area contributed by atoms with Crippen molar-refractivity contribution in [3.05, 3.63) is 0 Å². The lowest BCUT2D eigenvalue weighted by molar-refractivity contribution is -0.127. The molecule has 0 aliphatic carbocycles. The van der Waals surface area contributed by atoms with Crippen molar-refractivity contribution < 1.29 is 9.59 Å². The molecule has 2 aliphatic rings. The van der Waals surface area contributed by atoms with E-state index >= 15 is 0 Å². The molecule has 1 atom stereocenters. The van der Waals surface area contributed by atoms with E-state index in [1.54, 1.807) is 0 Å². The van der Waals surface area contributed by atoms with E-state index in [0.29, 0.717) is 6.54 Å². The van der Waals surface area contributed by atoms with Crippen LogP contribution in [-0.4, -0.2) is 67.0 Å². The zero-order valence-electron chi connectivity index (χ0n) is 10.9. The Labute approximate surface area is 108 Å². The normalized spacial score (nSPS) is 25.6. The van der Waals surface area contributed by atoms with Crippen molar-refractivity contribution in [1.82, 2.24) is 20.4 Å². The lowest BCUT2D eigenvalue weighted by atomic mass is 10.2. The summed E-state index contributed by atoms with van der Waals surface area (Å²) in [6.45, 7) is 7.24. The Morgan fingerprint density at radius 1 is 1.22 bits per heavy atom. The smallest absolute Gasteiger partial charge is 0.324 e. The van der Waals surface area contributed by atoms with Crippen LogP contribution in [-0.2, 0) is 4.79 Å². The molecule has 0 aromatic carbocycles. The lowest BCUT2D eigenvalue weighted by Gasteiger charge is -2.28. The number of nitrogens with one attached hydrogen (secondary N) is 2. The molecule has 1 unspecified atom stereocenters. The summed E-state index contributed by atoms with van der Waals surface area (Å²) < 4.78 is 0. The molecule has 6 heteroatoms. The third-order valence-corrected chi connectivity index (χ3v) is 3.53. The van der Waals surface area contributed by atoms with Crippen LogP contribution in [0.2, 0.25) is 0 Å². The van der Waals surface area contributed by atoms with Gasteiger partial charge in [-0.2, -0.15) is 0 Å². The highest BCUT2D eigenvalue weighted by Crippen LogP contribution is 2.10. The van der Waals surface area contributed by atoms with Gasteiger partial charge in [0.25, 0.3) is 5.91 Å². The van der Waals surface area contributed by atoms with Gasteiger partial charge in [-0.3, -0.25) is 14.6 Å². The summed E-state index contributed by atoms with van der Waals surface area (Å²) in [6.07, 6.45) is 1.64. The molecule has 2 heterocycles. The van der Waals surface area contributed by atoms with E-state index < -0.39 is 0 Å². The quantitative estimate of drug-likeness (QED) is 0.656. The van der Waals surface area contributed by atoms with E-state index in [2.05, 4.69) is 15.5 Å². The molecule has 102 valence electrons. The molecule has 0 radical (unpaired) electrons. The van der Waals surface area contributed by atoms with Crippen molar-refractivity contribution in [2.24, 2.45) is 0 Å². The first-order valence-electron chi connectivity index (χ1n) is 6.77. The SMILES string of the molecule is CCCC1NC(=O)N(CCN2CCNCC2)C1=O. The standard InChI is InChI=1S/C12H22N4O2/c1-2-3-10-11(17)16(12(18)14-10)9-8-15-6-4-13-5-7-15/h10,13H,2-9H2,1H3,(H,14,18). The average molecular weight is 254 g/mol. The van der Waals surface area contributed by atoms with Crippen LogP contribution in [0.25, 0.3) is 0 Å². The van der Waals surface area contributed by atoms with Crippen LogP contribution in [0.4, 0.5) is 4.79 Å². The number of imide groups is 1. The number of piperazine rings is 1. The zero-order valence-corrected chi connectivity index (χ0v) is 10.9. The number of hydrogen-bond donors (Lipinski definition) is 2. The Kier molecular flexibility index (Phi) is 4.54. The predicted molar refractivity (Wildman–Crippen MR) is 68.3 cm³/mol. The van der Waals surface area contributed by atoms with Crippen molar-refractivity contribution in [3.8, 4) is 0 Å². The van der Waals surface area contributed by atoms with E-state index in [0.717, 1.165) is 45.6 Å². The van der Waals surface area contributed by atoms with Crippen LogP contribution in [0, 0.1) is 0 Å². The van der Waals surface area contributed by atoms with Crippen molar-refractivity contribution in [2.75, 3.05) is 39.3 Å². The monoisotopic (exact) mass is 254 g/mol. The summed E-state index contributed by atoms with van der Waals surface area (Å²) in [5.41, 5.74) is 0. The second kappa shape index (κ2) is 6.15. The third-order valence-electron chi connectivity index (χ3n) is 3.53.